The fourth-order valence-corrected chi connectivity index (χ4v) is 2.43. The fraction of sp³-hybridized carbons (Fsp3) is 0.100. The molecule has 0 spiro atoms. The summed E-state index contributed by atoms with van der Waals surface area (Å²) in [4.78, 5) is 12.3. The minimum absolute atomic E-state index is 0.0108. The molecule has 2 aromatic rings. The highest BCUT2D eigenvalue weighted by Crippen LogP contribution is 2.27. The molecule has 0 aliphatic carbocycles. The van der Waals surface area contributed by atoms with E-state index in [1.54, 1.807) is 24.3 Å². The number of amides is 1. The van der Waals surface area contributed by atoms with E-state index in [0.717, 1.165) is 11.1 Å². The third kappa shape index (κ3) is 5.23. The Morgan fingerprint density at radius 1 is 1.24 bits per heavy atom. The van der Waals surface area contributed by atoms with Crippen LogP contribution in [0.5, 0.6) is 5.75 Å². The predicted octanol–water partition coefficient (Wildman–Crippen LogP) is 4.84. The van der Waals surface area contributed by atoms with Gasteiger partial charge in [-0.15, -0.1) is 0 Å². The van der Waals surface area contributed by atoms with Gasteiger partial charge in [-0.25, -0.2) is 0 Å². The van der Waals surface area contributed by atoms with Gasteiger partial charge in [-0.2, -0.15) is 5.26 Å². The molecule has 0 bridgehead atoms. The molecule has 4 nitrogen and oxygen atoms in total. The summed E-state index contributed by atoms with van der Waals surface area (Å²) in [6.45, 7) is 1.84. The van der Waals surface area contributed by atoms with Gasteiger partial charge in [-0.1, -0.05) is 48.0 Å². The van der Waals surface area contributed by atoms with Crippen LogP contribution in [0.25, 0.3) is 6.08 Å². The number of ether oxygens (including phenoxy) is 1. The molecule has 2 aromatic carbocycles. The van der Waals surface area contributed by atoms with Crippen molar-refractivity contribution in [2.24, 2.45) is 0 Å². The molecule has 25 heavy (non-hydrogen) atoms. The number of carbonyl (C=O) groups excluding carboxylic acids is 1. The molecule has 1 amide bonds. The molecule has 0 unspecified atom stereocenters. The number of anilines is 1. The lowest BCUT2D eigenvalue weighted by Gasteiger charge is -2.07. The van der Waals surface area contributed by atoms with Crippen molar-refractivity contribution in [2.75, 3.05) is 12.4 Å². The zero-order valence-corrected chi connectivity index (χ0v) is 14.7. The molecular formula is C20H17ClN2O2. The maximum atomic E-state index is 12.3. The highest BCUT2D eigenvalue weighted by Gasteiger charge is 2.10. The van der Waals surface area contributed by atoms with Crippen LogP contribution < -0.4 is 10.1 Å². The van der Waals surface area contributed by atoms with Crippen LogP contribution in [0.1, 0.15) is 12.5 Å². The Hall–Kier alpha value is -3.03. The first-order chi connectivity index (χ1) is 12.0. The van der Waals surface area contributed by atoms with Gasteiger partial charge in [-0.05, 0) is 42.3 Å². The Labute approximate surface area is 152 Å². The maximum Gasteiger partial charge on any atom is 0.266 e. The Bertz CT molecular complexity index is 865. The van der Waals surface area contributed by atoms with Crippen molar-refractivity contribution in [2.45, 2.75) is 6.92 Å². The van der Waals surface area contributed by atoms with Gasteiger partial charge in [0, 0.05) is 5.69 Å². The number of methoxy groups -OCH3 is 1. The Kier molecular flexibility index (Phi) is 6.39. The molecule has 2 rings (SSSR count). The van der Waals surface area contributed by atoms with Gasteiger partial charge < -0.3 is 10.1 Å². The maximum absolute atomic E-state index is 12.3. The molecule has 126 valence electrons. The zero-order valence-electron chi connectivity index (χ0n) is 13.9. The van der Waals surface area contributed by atoms with Crippen LogP contribution in [0.3, 0.4) is 0 Å². The van der Waals surface area contributed by atoms with E-state index in [2.05, 4.69) is 5.32 Å². The van der Waals surface area contributed by atoms with Crippen molar-refractivity contribution < 1.29 is 9.53 Å². The number of nitriles is 1. The number of nitrogens with one attached hydrogen (secondary N) is 1. The highest BCUT2D eigenvalue weighted by atomic mass is 35.5. The zero-order chi connectivity index (χ0) is 18.2. The summed E-state index contributed by atoms with van der Waals surface area (Å²) in [6, 6.07) is 16.5. The summed E-state index contributed by atoms with van der Waals surface area (Å²) in [5, 5.41) is 12.3. The van der Waals surface area contributed by atoms with E-state index in [1.807, 2.05) is 49.4 Å². The lowest BCUT2D eigenvalue weighted by Crippen LogP contribution is -2.13. The highest BCUT2D eigenvalue weighted by molar-refractivity contribution is 6.32. The van der Waals surface area contributed by atoms with Crippen molar-refractivity contribution in [1.29, 1.82) is 5.26 Å². The number of rotatable bonds is 5. The average molecular weight is 353 g/mol. The van der Waals surface area contributed by atoms with Crippen molar-refractivity contribution in [3.63, 3.8) is 0 Å². The summed E-state index contributed by atoms with van der Waals surface area (Å²) >= 11 is 6.04. The Balaban J connectivity index is 2.17. The first-order valence-corrected chi connectivity index (χ1v) is 7.91. The monoisotopic (exact) mass is 352 g/mol. The van der Waals surface area contributed by atoms with Crippen molar-refractivity contribution in [1.82, 2.24) is 0 Å². The van der Waals surface area contributed by atoms with Gasteiger partial charge in [-0.3, -0.25) is 4.79 Å². The topological polar surface area (TPSA) is 62.1 Å². The molecule has 0 aliphatic rings. The van der Waals surface area contributed by atoms with Gasteiger partial charge in [0.25, 0.3) is 5.91 Å². The van der Waals surface area contributed by atoms with E-state index in [1.165, 1.54) is 7.11 Å². The normalized spacial score (nSPS) is 11.6. The van der Waals surface area contributed by atoms with Crippen LogP contribution in [0.2, 0.25) is 5.02 Å². The Morgan fingerprint density at radius 3 is 2.56 bits per heavy atom. The summed E-state index contributed by atoms with van der Waals surface area (Å²) in [5.74, 6) is 0.0156. The standard InChI is InChI=1S/C20H17ClN2O2/c1-14(10-15-6-4-3-5-7-15)11-16(13-22)20(24)23-17-8-9-19(25-2)18(21)12-17/h3-12H,1-2H3,(H,23,24)/b14-10+,16-11+. The van der Waals surface area contributed by atoms with E-state index < -0.39 is 5.91 Å². The van der Waals surface area contributed by atoms with E-state index in [-0.39, 0.29) is 5.57 Å². The minimum Gasteiger partial charge on any atom is -0.495 e. The summed E-state index contributed by atoms with van der Waals surface area (Å²) in [5.41, 5.74) is 2.29. The molecule has 0 aliphatic heterocycles. The SMILES string of the molecule is COc1ccc(NC(=O)/C(C#N)=C/C(C)=C/c2ccccc2)cc1Cl. The number of allylic oxidation sites excluding steroid dienone is 2. The summed E-state index contributed by atoms with van der Waals surface area (Å²) < 4.78 is 5.07. The van der Waals surface area contributed by atoms with Crippen LogP contribution in [0.4, 0.5) is 5.69 Å². The summed E-state index contributed by atoms with van der Waals surface area (Å²) in [6.07, 6.45) is 3.45. The van der Waals surface area contributed by atoms with Crippen molar-refractivity contribution in [3.05, 3.63) is 76.3 Å². The molecule has 0 saturated carbocycles. The van der Waals surface area contributed by atoms with Gasteiger partial charge in [0.1, 0.15) is 17.4 Å². The van der Waals surface area contributed by atoms with E-state index in [9.17, 15) is 10.1 Å². The molecule has 0 aromatic heterocycles. The number of halogens is 1. The molecule has 1 N–H and O–H groups in total. The molecule has 5 heteroatoms. The largest absolute Gasteiger partial charge is 0.495 e. The van der Waals surface area contributed by atoms with Crippen LogP contribution in [0, 0.1) is 11.3 Å². The number of benzene rings is 2. The number of nitrogens with zero attached hydrogens (tertiary/aromatic N) is 1. The second-order valence-electron chi connectivity index (χ2n) is 5.27. The van der Waals surface area contributed by atoms with Gasteiger partial charge in [0.2, 0.25) is 0 Å². The smallest absolute Gasteiger partial charge is 0.266 e. The number of hydrogen-bond acceptors (Lipinski definition) is 3. The van der Waals surface area contributed by atoms with Crippen LogP contribution in [0.15, 0.2) is 65.8 Å². The van der Waals surface area contributed by atoms with Crippen LogP contribution in [-0.4, -0.2) is 13.0 Å². The lowest BCUT2D eigenvalue weighted by atomic mass is 10.1. The first-order valence-electron chi connectivity index (χ1n) is 7.53. The third-order valence-electron chi connectivity index (χ3n) is 3.34. The minimum atomic E-state index is -0.496. The van der Waals surface area contributed by atoms with Crippen molar-refractivity contribution >= 4 is 29.3 Å². The van der Waals surface area contributed by atoms with Gasteiger partial charge in [0.15, 0.2) is 0 Å². The van der Waals surface area contributed by atoms with E-state index in [4.69, 9.17) is 16.3 Å². The van der Waals surface area contributed by atoms with Crippen LogP contribution >= 0.6 is 11.6 Å². The predicted molar refractivity (Wildman–Crippen MR) is 100 cm³/mol. The quantitative estimate of drug-likeness (QED) is 0.475. The Morgan fingerprint density at radius 2 is 1.96 bits per heavy atom. The molecular weight excluding hydrogens is 336 g/mol. The van der Waals surface area contributed by atoms with Gasteiger partial charge >= 0.3 is 0 Å². The van der Waals surface area contributed by atoms with E-state index in [0.29, 0.717) is 16.5 Å². The summed E-state index contributed by atoms with van der Waals surface area (Å²) in [7, 11) is 1.51. The molecule has 0 heterocycles. The van der Waals surface area contributed by atoms with Crippen molar-refractivity contribution in [3.8, 4) is 11.8 Å². The molecule has 0 fully saturated rings. The average Bonchev–Trinajstić information content (AvgIpc) is 2.60. The molecule has 0 radical (unpaired) electrons. The third-order valence-corrected chi connectivity index (χ3v) is 3.64. The van der Waals surface area contributed by atoms with Crippen LogP contribution in [-0.2, 0) is 4.79 Å². The fourth-order valence-electron chi connectivity index (χ4n) is 2.17. The number of carbonyl (C=O) groups is 1. The first kappa shape index (κ1) is 18.3. The second-order valence-corrected chi connectivity index (χ2v) is 5.68. The van der Waals surface area contributed by atoms with Gasteiger partial charge in [0.05, 0.1) is 12.1 Å². The number of hydrogen-bond donors (Lipinski definition) is 1. The molecule has 0 saturated heterocycles. The molecule has 0 atom stereocenters. The lowest BCUT2D eigenvalue weighted by molar-refractivity contribution is -0.112. The van der Waals surface area contributed by atoms with E-state index >= 15 is 0 Å². The second kappa shape index (κ2) is 8.72.